The lowest BCUT2D eigenvalue weighted by atomic mass is 10.0. The molecule has 1 rings (SSSR count). The van der Waals surface area contributed by atoms with Gasteiger partial charge >= 0.3 is 0 Å². The van der Waals surface area contributed by atoms with E-state index in [1.54, 1.807) is 0 Å². The summed E-state index contributed by atoms with van der Waals surface area (Å²) in [5, 5.41) is 0.753. The standard InChI is InChI=1S/C14H22BrClN2S/c1-4-11(9-19-3)18(2)14(8-17)12-7-10(16)5-6-13(12)15/h5-7,11,14H,4,8-9,17H2,1-3H3. The second kappa shape index (κ2) is 8.53. The summed E-state index contributed by atoms with van der Waals surface area (Å²) in [4.78, 5) is 2.37. The molecule has 2 nitrogen and oxygen atoms in total. The maximum atomic E-state index is 6.11. The van der Waals surface area contributed by atoms with Crippen molar-refractivity contribution in [3.63, 3.8) is 0 Å². The van der Waals surface area contributed by atoms with Crippen molar-refractivity contribution >= 4 is 39.3 Å². The van der Waals surface area contributed by atoms with Crippen molar-refractivity contribution in [1.82, 2.24) is 4.90 Å². The lowest BCUT2D eigenvalue weighted by molar-refractivity contribution is 0.187. The summed E-state index contributed by atoms with van der Waals surface area (Å²) in [7, 11) is 2.15. The molecular formula is C14H22BrClN2S. The Morgan fingerprint density at radius 2 is 2.16 bits per heavy atom. The molecule has 0 radical (unpaired) electrons. The van der Waals surface area contributed by atoms with Gasteiger partial charge in [0.25, 0.3) is 0 Å². The topological polar surface area (TPSA) is 29.3 Å². The maximum Gasteiger partial charge on any atom is 0.0482 e. The Balaban J connectivity index is 3.01. The Morgan fingerprint density at radius 3 is 2.68 bits per heavy atom. The maximum absolute atomic E-state index is 6.11. The molecule has 5 heteroatoms. The number of hydrogen-bond donors (Lipinski definition) is 1. The molecule has 1 aromatic rings. The van der Waals surface area contributed by atoms with Gasteiger partial charge in [0.15, 0.2) is 0 Å². The monoisotopic (exact) mass is 364 g/mol. The van der Waals surface area contributed by atoms with Gasteiger partial charge in [-0.05, 0) is 43.5 Å². The van der Waals surface area contributed by atoms with Crippen molar-refractivity contribution in [2.75, 3.05) is 25.6 Å². The average Bonchev–Trinajstić information content (AvgIpc) is 2.40. The third-order valence-corrected chi connectivity index (χ3v) is 5.11. The Labute approximate surface area is 134 Å². The largest absolute Gasteiger partial charge is 0.329 e. The number of nitrogens with zero attached hydrogens (tertiary/aromatic N) is 1. The van der Waals surface area contributed by atoms with Crippen LogP contribution in [-0.2, 0) is 0 Å². The summed E-state index contributed by atoms with van der Waals surface area (Å²) < 4.78 is 1.07. The van der Waals surface area contributed by atoms with Crippen molar-refractivity contribution in [2.24, 2.45) is 5.73 Å². The highest BCUT2D eigenvalue weighted by Gasteiger charge is 2.23. The molecule has 0 bridgehead atoms. The second-order valence-electron chi connectivity index (χ2n) is 4.60. The molecule has 0 aromatic heterocycles. The minimum absolute atomic E-state index is 0.185. The van der Waals surface area contributed by atoms with E-state index in [4.69, 9.17) is 17.3 Å². The van der Waals surface area contributed by atoms with Gasteiger partial charge in [-0.1, -0.05) is 34.5 Å². The molecule has 0 fully saturated rings. The second-order valence-corrected chi connectivity index (χ2v) is 6.80. The van der Waals surface area contributed by atoms with E-state index >= 15 is 0 Å². The summed E-state index contributed by atoms with van der Waals surface area (Å²) >= 11 is 11.6. The smallest absolute Gasteiger partial charge is 0.0482 e. The summed E-state index contributed by atoms with van der Waals surface area (Å²) in [6.45, 7) is 2.80. The fourth-order valence-electron chi connectivity index (χ4n) is 2.25. The summed E-state index contributed by atoms with van der Waals surface area (Å²) in [6, 6.07) is 6.59. The Kier molecular flexibility index (Phi) is 7.77. The summed E-state index contributed by atoms with van der Waals surface area (Å²) in [5.74, 6) is 1.11. The highest BCUT2D eigenvalue weighted by atomic mass is 79.9. The first-order valence-corrected chi connectivity index (χ1v) is 8.97. The fourth-order valence-corrected chi connectivity index (χ4v) is 3.80. The van der Waals surface area contributed by atoms with Gasteiger partial charge < -0.3 is 5.73 Å². The molecular weight excluding hydrogens is 344 g/mol. The van der Waals surface area contributed by atoms with E-state index in [1.807, 2.05) is 30.0 Å². The molecule has 0 aliphatic heterocycles. The predicted octanol–water partition coefficient (Wildman–Crippen LogP) is 4.18. The van der Waals surface area contributed by atoms with Gasteiger partial charge in [0.05, 0.1) is 0 Å². The van der Waals surface area contributed by atoms with Crippen molar-refractivity contribution in [1.29, 1.82) is 0 Å². The van der Waals surface area contributed by atoms with Gasteiger partial charge in [-0.3, -0.25) is 4.90 Å². The molecule has 108 valence electrons. The van der Waals surface area contributed by atoms with Crippen LogP contribution in [0.25, 0.3) is 0 Å². The molecule has 0 spiro atoms. The molecule has 0 amide bonds. The third kappa shape index (κ3) is 4.64. The lowest BCUT2D eigenvalue weighted by Crippen LogP contribution is -2.39. The number of likely N-dealkylation sites (N-methyl/N-ethyl adjacent to an activating group) is 1. The SMILES string of the molecule is CCC(CSC)N(C)C(CN)c1cc(Cl)ccc1Br. The first kappa shape index (κ1) is 17.3. The minimum atomic E-state index is 0.185. The van der Waals surface area contributed by atoms with E-state index in [1.165, 1.54) is 0 Å². The fraction of sp³-hybridized carbons (Fsp3) is 0.571. The van der Waals surface area contributed by atoms with Crippen LogP contribution in [0.4, 0.5) is 0 Å². The lowest BCUT2D eigenvalue weighted by Gasteiger charge is -2.34. The van der Waals surface area contributed by atoms with Crippen LogP contribution in [-0.4, -0.2) is 36.5 Å². The Hall–Kier alpha value is 0.260. The van der Waals surface area contributed by atoms with Crippen LogP contribution in [0, 0.1) is 0 Å². The normalized spacial score (nSPS) is 14.7. The molecule has 2 N–H and O–H groups in total. The molecule has 2 atom stereocenters. The predicted molar refractivity (Wildman–Crippen MR) is 91.2 cm³/mol. The van der Waals surface area contributed by atoms with E-state index in [2.05, 4.69) is 41.1 Å². The zero-order chi connectivity index (χ0) is 14.4. The van der Waals surface area contributed by atoms with Crippen molar-refractivity contribution in [3.8, 4) is 0 Å². The molecule has 0 saturated heterocycles. The van der Waals surface area contributed by atoms with E-state index < -0.39 is 0 Å². The Bertz CT molecular complexity index is 403. The molecule has 0 saturated carbocycles. The van der Waals surface area contributed by atoms with Gasteiger partial charge in [-0.15, -0.1) is 0 Å². The van der Waals surface area contributed by atoms with Gasteiger partial charge in [0.2, 0.25) is 0 Å². The van der Waals surface area contributed by atoms with Crippen molar-refractivity contribution < 1.29 is 0 Å². The van der Waals surface area contributed by atoms with Crippen molar-refractivity contribution in [3.05, 3.63) is 33.3 Å². The number of hydrogen-bond acceptors (Lipinski definition) is 3. The van der Waals surface area contributed by atoms with Gasteiger partial charge in [-0.2, -0.15) is 11.8 Å². The number of rotatable bonds is 7. The van der Waals surface area contributed by atoms with Crippen molar-refractivity contribution in [2.45, 2.75) is 25.4 Å². The van der Waals surface area contributed by atoms with E-state index in [0.717, 1.165) is 27.2 Å². The number of thioether (sulfide) groups is 1. The number of nitrogens with two attached hydrogens (primary N) is 1. The van der Waals surface area contributed by atoms with Gasteiger partial charge in [-0.25, -0.2) is 0 Å². The van der Waals surface area contributed by atoms with E-state index in [-0.39, 0.29) is 6.04 Å². The summed E-state index contributed by atoms with van der Waals surface area (Å²) in [6.07, 6.45) is 3.26. The number of benzene rings is 1. The number of halogens is 2. The first-order valence-electron chi connectivity index (χ1n) is 6.41. The van der Waals surface area contributed by atoms with E-state index in [9.17, 15) is 0 Å². The minimum Gasteiger partial charge on any atom is -0.329 e. The quantitative estimate of drug-likeness (QED) is 0.786. The van der Waals surface area contributed by atoms with Crippen LogP contribution in [0.1, 0.15) is 24.9 Å². The zero-order valence-corrected chi connectivity index (χ0v) is 14.9. The van der Waals surface area contributed by atoms with E-state index in [0.29, 0.717) is 12.6 Å². The molecule has 1 aromatic carbocycles. The summed E-state index contributed by atoms with van der Waals surface area (Å²) in [5.41, 5.74) is 7.16. The molecule has 0 heterocycles. The van der Waals surface area contributed by atoms with Crippen LogP contribution < -0.4 is 5.73 Å². The molecule has 0 aliphatic carbocycles. The first-order chi connectivity index (χ1) is 9.04. The van der Waals surface area contributed by atoms with Crippen LogP contribution >= 0.6 is 39.3 Å². The van der Waals surface area contributed by atoms with Crippen LogP contribution in [0.5, 0.6) is 0 Å². The Morgan fingerprint density at radius 1 is 1.47 bits per heavy atom. The van der Waals surface area contributed by atoms with Crippen LogP contribution in [0.2, 0.25) is 5.02 Å². The highest BCUT2D eigenvalue weighted by Crippen LogP contribution is 2.31. The highest BCUT2D eigenvalue weighted by molar-refractivity contribution is 9.10. The average molecular weight is 366 g/mol. The zero-order valence-electron chi connectivity index (χ0n) is 11.7. The third-order valence-electron chi connectivity index (χ3n) is 3.44. The van der Waals surface area contributed by atoms with Crippen LogP contribution in [0.15, 0.2) is 22.7 Å². The molecule has 0 aliphatic rings. The molecule has 19 heavy (non-hydrogen) atoms. The van der Waals surface area contributed by atoms with Gasteiger partial charge in [0, 0.05) is 33.9 Å². The van der Waals surface area contributed by atoms with Gasteiger partial charge in [0.1, 0.15) is 0 Å². The van der Waals surface area contributed by atoms with Crippen LogP contribution in [0.3, 0.4) is 0 Å². The molecule has 2 unspecified atom stereocenters.